The molecule has 0 spiro atoms. The Morgan fingerprint density at radius 3 is 2.36 bits per heavy atom. The van der Waals surface area contributed by atoms with Gasteiger partial charge in [-0.1, -0.05) is 53.9 Å². The summed E-state index contributed by atoms with van der Waals surface area (Å²) in [6, 6.07) is 17.2. The quantitative estimate of drug-likeness (QED) is 0.195. The van der Waals surface area contributed by atoms with E-state index in [0.717, 1.165) is 78.3 Å². The highest BCUT2D eigenvalue weighted by Crippen LogP contribution is 2.32. The molecule has 45 heavy (non-hydrogen) atoms. The molecular formula is C35H40Cl2N6O2. The maximum Gasteiger partial charge on any atom is 0.421 e. The van der Waals surface area contributed by atoms with Crippen LogP contribution in [0.25, 0.3) is 0 Å². The number of piperazine rings is 1. The molecule has 236 valence electrons. The van der Waals surface area contributed by atoms with Gasteiger partial charge in [-0.2, -0.15) is 4.98 Å². The highest BCUT2D eigenvalue weighted by atomic mass is 35.5. The van der Waals surface area contributed by atoms with E-state index in [0.29, 0.717) is 27.6 Å². The van der Waals surface area contributed by atoms with Crippen molar-refractivity contribution in [2.45, 2.75) is 47.6 Å². The van der Waals surface area contributed by atoms with E-state index in [1.807, 2.05) is 76.2 Å². The van der Waals surface area contributed by atoms with Crippen LogP contribution in [0.1, 0.15) is 41.2 Å². The zero-order valence-corrected chi connectivity index (χ0v) is 28.0. The van der Waals surface area contributed by atoms with Crippen LogP contribution in [0.2, 0.25) is 10.0 Å². The second-order valence-corrected chi connectivity index (χ2v) is 12.5. The molecule has 4 aromatic rings. The Morgan fingerprint density at radius 2 is 1.67 bits per heavy atom. The van der Waals surface area contributed by atoms with Gasteiger partial charge in [0.05, 0.1) is 17.3 Å². The Morgan fingerprint density at radius 1 is 0.933 bits per heavy atom. The van der Waals surface area contributed by atoms with Gasteiger partial charge < -0.3 is 15.0 Å². The molecule has 1 fully saturated rings. The first kappa shape index (κ1) is 32.5. The lowest BCUT2D eigenvalue weighted by Gasteiger charge is -2.36. The number of benzene rings is 3. The first-order chi connectivity index (χ1) is 21.6. The van der Waals surface area contributed by atoms with Crippen molar-refractivity contribution >= 4 is 52.4 Å². The standard InChI is InChI=1S/C35H40Cl2N6O2/c1-6-13-41-14-16-42(17-15-41)31-10-9-29(21-30(31)37)39-34-38-12-11-32(40-34)43(22-27-20-28(36)8-7-24(27)3)35(44)45-33-25(4)18-23(2)19-26(33)5/h7-12,18-21H,6,13-17,22H2,1-5H3,(H,38,39,40). The molecule has 5 rings (SSSR count). The number of halogens is 2. The minimum Gasteiger partial charge on any atom is -0.409 e. The Bertz CT molecular complexity index is 1650. The number of aryl methyl sites for hydroxylation is 4. The van der Waals surface area contributed by atoms with Crippen LogP contribution in [0.3, 0.4) is 0 Å². The third kappa shape index (κ3) is 8.06. The first-order valence-electron chi connectivity index (χ1n) is 15.3. The zero-order chi connectivity index (χ0) is 32.1. The molecule has 1 aromatic heterocycles. The lowest BCUT2D eigenvalue weighted by Crippen LogP contribution is -2.46. The van der Waals surface area contributed by atoms with Gasteiger partial charge in [-0.25, -0.2) is 9.78 Å². The minimum atomic E-state index is -0.555. The third-order valence-corrected chi connectivity index (χ3v) is 8.57. The van der Waals surface area contributed by atoms with E-state index in [9.17, 15) is 4.79 Å². The van der Waals surface area contributed by atoms with Crippen LogP contribution < -0.4 is 19.9 Å². The molecule has 1 N–H and O–H groups in total. The van der Waals surface area contributed by atoms with Crippen molar-refractivity contribution in [3.63, 3.8) is 0 Å². The number of ether oxygens (including phenoxy) is 1. The van der Waals surface area contributed by atoms with Crippen LogP contribution in [-0.4, -0.2) is 53.7 Å². The SMILES string of the molecule is CCCN1CCN(c2ccc(Nc3nccc(N(Cc4cc(Cl)ccc4C)C(=O)Oc4c(C)cc(C)cc4C)n3)cc2Cl)CC1. The molecule has 1 aliphatic rings. The fourth-order valence-electron chi connectivity index (χ4n) is 5.75. The van der Waals surface area contributed by atoms with Gasteiger partial charge in [0.2, 0.25) is 5.95 Å². The Hall–Kier alpha value is -3.85. The fourth-order valence-corrected chi connectivity index (χ4v) is 6.24. The second kappa shape index (κ2) is 14.5. The normalized spacial score (nSPS) is 13.5. The van der Waals surface area contributed by atoms with Gasteiger partial charge in [-0.15, -0.1) is 0 Å². The number of hydrogen-bond donors (Lipinski definition) is 1. The summed E-state index contributed by atoms with van der Waals surface area (Å²) < 4.78 is 6.00. The van der Waals surface area contributed by atoms with Crippen molar-refractivity contribution in [2.24, 2.45) is 0 Å². The van der Waals surface area contributed by atoms with Crippen molar-refractivity contribution < 1.29 is 9.53 Å². The van der Waals surface area contributed by atoms with Gasteiger partial charge in [0.25, 0.3) is 0 Å². The summed E-state index contributed by atoms with van der Waals surface area (Å²) in [7, 11) is 0. The maximum absolute atomic E-state index is 13.8. The molecule has 3 aromatic carbocycles. The van der Waals surface area contributed by atoms with E-state index in [1.54, 1.807) is 12.3 Å². The molecule has 1 saturated heterocycles. The number of nitrogens with zero attached hydrogens (tertiary/aromatic N) is 5. The highest BCUT2D eigenvalue weighted by molar-refractivity contribution is 6.33. The topological polar surface area (TPSA) is 73.8 Å². The summed E-state index contributed by atoms with van der Waals surface area (Å²) in [5, 5.41) is 4.50. The number of anilines is 4. The molecule has 1 amide bonds. The van der Waals surface area contributed by atoms with Crippen molar-refractivity contribution in [3.05, 3.63) is 98.7 Å². The minimum absolute atomic E-state index is 0.206. The number of amides is 1. The number of carbonyl (C=O) groups excluding carboxylic acids is 1. The average Bonchev–Trinajstić information content (AvgIpc) is 3.00. The maximum atomic E-state index is 13.8. The summed E-state index contributed by atoms with van der Waals surface area (Å²) >= 11 is 13.1. The predicted octanol–water partition coefficient (Wildman–Crippen LogP) is 8.50. The number of carbonyl (C=O) groups is 1. The molecule has 2 heterocycles. The number of aromatic nitrogens is 2. The van der Waals surface area contributed by atoms with Gasteiger partial charge in [0.15, 0.2) is 0 Å². The second-order valence-electron chi connectivity index (χ2n) is 11.6. The van der Waals surface area contributed by atoms with Gasteiger partial charge in [-0.3, -0.25) is 9.80 Å². The van der Waals surface area contributed by atoms with E-state index < -0.39 is 6.09 Å². The van der Waals surface area contributed by atoms with Gasteiger partial charge in [-0.05, 0) is 99.3 Å². The van der Waals surface area contributed by atoms with E-state index in [4.69, 9.17) is 32.9 Å². The first-order valence-corrected chi connectivity index (χ1v) is 16.1. The molecule has 0 bridgehead atoms. The number of hydrogen-bond acceptors (Lipinski definition) is 7. The van der Waals surface area contributed by atoms with Gasteiger partial charge in [0, 0.05) is 43.1 Å². The van der Waals surface area contributed by atoms with Crippen LogP contribution in [-0.2, 0) is 6.54 Å². The molecule has 0 unspecified atom stereocenters. The molecule has 1 aliphatic heterocycles. The Kier molecular flexibility index (Phi) is 10.5. The summed E-state index contributed by atoms with van der Waals surface area (Å²) in [4.78, 5) is 29.3. The van der Waals surface area contributed by atoms with Crippen LogP contribution in [0.4, 0.5) is 27.9 Å². The summed E-state index contributed by atoms with van der Waals surface area (Å²) in [6.07, 6.45) is 2.22. The average molecular weight is 648 g/mol. The lowest BCUT2D eigenvalue weighted by molar-refractivity contribution is 0.206. The van der Waals surface area contributed by atoms with Gasteiger partial charge in [0.1, 0.15) is 11.6 Å². The molecular weight excluding hydrogens is 607 g/mol. The molecule has 8 nitrogen and oxygen atoms in total. The third-order valence-electron chi connectivity index (χ3n) is 8.03. The summed E-state index contributed by atoms with van der Waals surface area (Å²) in [5.74, 6) is 1.24. The van der Waals surface area contributed by atoms with E-state index in [1.165, 1.54) is 4.90 Å². The summed E-state index contributed by atoms with van der Waals surface area (Å²) in [6.45, 7) is 15.4. The van der Waals surface area contributed by atoms with Crippen molar-refractivity contribution in [2.75, 3.05) is 47.8 Å². The molecule has 0 saturated carbocycles. The summed E-state index contributed by atoms with van der Waals surface area (Å²) in [5.41, 5.74) is 6.50. The molecule has 0 aliphatic carbocycles. The van der Waals surface area contributed by atoms with Crippen LogP contribution in [0.5, 0.6) is 5.75 Å². The smallest absolute Gasteiger partial charge is 0.409 e. The molecule has 0 radical (unpaired) electrons. The number of rotatable bonds is 9. The van der Waals surface area contributed by atoms with Crippen LogP contribution in [0.15, 0.2) is 60.8 Å². The monoisotopic (exact) mass is 646 g/mol. The lowest BCUT2D eigenvalue weighted by atomic mass is 10.1. The predicted molar refractivity (Wildman–Crippen MR) is 185 cm³/mol. The molecule has 10 heteroatoms. The Balaban J connectivity index is 1.39. The Labute approximate surface area is 275 Å². The van der Waals surface area contributed by atoms with E-state index in [-0.39, 0.29) is 6.54 Å². The van der Waals surface area contributed by atoms with Crippen LogP contribution in [0, 0.1) is 27.7 Å². The molecule has 0 atom stereocenters. The highest BCUT2D eigenvalue weighted by Gasteiger charge is 2.24. The van der Waals surface area contributed by atoms with E-state index >= 15 is 0 Å². The number of nitrogens with one attached hydrogen (secondary N) is 1. The van der Waals surface area contributed by atoms with E-state index in [2.05, 4.69) is 27.0 Å². The largest absolute Gasteiger partial charge is 0.421 e. The van der Waals surface area contributed by atoms with Crippen LogP contribution >= 0.6 is 23.2 Å². The fraction of sp³-hybridized carbons (Fsp3) is 0.343. The van der Waals surface area contributed by atoms with Crippen molar-refractivity contribution in [3.8, 4) is 5.75 Å². The van der Waals surface area contributed by atoms with Crippen molar-refractivity contribution in [1.82, 2.24) is 14.9 Å². The zero-order valence-electron chi connectivity index (χ0n) is 26.5. The van der Waals surface area contributed by atoms with Gasteiger partial charge >= 0.3 is 6.09 Å². The van der Waals surface area contributed by atoms with Crippen molar-refractivity contribution in [1.29, 1.82) is 0 Å².